The molecule has 0 N–H and O–H groups in total. The molecule has 0 aliphatic rings. The minimum atomic E-state index is -0.253. The highest BCUT2D eigenvalue weighted by Gasteiger charge is 2.09. The standard InChI is InChI=1S/C12H10FN5S/c1-18-12(15-16-17-18)19-7-8-4-5-10(13)9-3-2-6-14-11(8)9/h2-6H,7H2,1H3. The van der Waals surface area contributed by atoms with Gasteiger partial charge in [0, 0.05) is 24.4 Å². The van der Waals surface area contributed by atoms with Gasteiger partial charge in [0.15, 0.2) is 0 Å². The molecule has 96 valence electrons. The van der Waals surface area contributed by atoms with Gasteiger partial charge in [0.05, 0.1) is 5.52 Å². The summed E-state index contributed by atoms with van der Waals surface area (Å²) < 4.78 is 15.3. The first-order valence-corrected chi connectivity index (χ1v) is 6.61. The van der Waals surface area contributed by atoms with Crippen molar-refractivity contribution in [2.24, 2.45) is 7.05 Å². The van der Waals surface area contributed by atoms with Crippen LogP contribution in [0.25, 0.3) is 10.9 Å². The predicted octanol–water partition coefficient (Wildman–Crippen LogP) is 2.19. The molecular weight excluding hydrogens is 265 g/mol. The summed E-state index contributed by atoms with van der Waals surface area (Å²) in [5.41, 5.74) is 1.65. The zero-order chi connectivity index (χ0) is 13.2. The van der Waals surface area contributed by atoms with Gasteiger partial charge >= 0.3 is 0 Å². The van der Waals surface area contributed by atoms with Crippen LogP contribution >= 0.6 is 11.8 Å². The molecule has 2 aromatic heterocycles. The third-order valence-corrected chi connectivity index (χ3v) is 3.80. The van der Waals surface area contributed by atoms with Crippen molar-refractivity contribution in [2.45, 2.75) is 10.9 Å². The summed E-state index contributed by atoms with van der Waals surface area (Å²) in [4.78, 5) is 4.25. The lowest BCUT2D eigenvalue weighted by atomic mass is 10.1. The molecule has 0 saturated heterocycles. The average Bonchev–Trinajstić information content (AvgIpc) is 2.84. The van der Waals surface area contributed by atoms with Crippen molar-refractivity contribution in [3.8, 4) is 0 Å². The van der Waals surface area contributed by atoms with Crippen molar-refractivity contribution in [1.29, 1.82) is 0 Å². The fourth-order valence-electron chi connectivity index (χ4n) is 1.80. The van der Waals surface area contributed by atoms with Crippen molar-refractivity contribution < 1.29 is 4.39 Å². The molecule has 0 amide bonds. The molecule has 0 spiro atoms. The SMILES string of the molecule is Cn1nnnc1SCc1ccc(F)c2cccnc12. The van der Waals surface area contributed by atoms with Gasteiger partial charge in [-0.3, -0.25) is 4.98 Å². The molecule has 1 aromatic carbocycles. The molecule has 0 unspecified atom stereocenters. The molecule has 19 heavy (non-hydrogen) atoms. The molecule has 2 heterocycles. The molecule has 0 aliphatic heterocycles. The average molecular weight is 275 g/mol. The van der Waals surface area contributed by atoms with E-state index in [1.807, 2.05) is 0 Å². The van der Waals surface area contributed by atoms with Gasteiger partial charge in [-0.2, -0.15) is 0 Å². The van der Waals surface area contributed by atoms with Gasteiger partial charge in [0.1, 0.15) is 5.82 Å². The van der Waals surface area contributed by atoms with E-state index >= 15 is 0 Å². The van der Waals surface area contributed by atoms with Gasteiger partial charge < -0.3 is 0 Å². The second-order valence-electron chi connectivity index (χ2n) is 3.98. The van der Waals surface area contributed by atoms with Crippen LogP contribution in [0.15, 0.2) is 35.6 Å². The zero-order valence-electron chi connectivity index (χ0n) is 10.1. The Balaban J connectivity index is 1.93. The first-order valence-electron chi connectivity index (χ1n) is 5.63. The van der Waals surface area contributed by atoms with Gasteiger partial charge in [0.2, 0.25) is 5.16 Å². The summed E-state index contributed by atoms with van der Waals surface area (Å²) in [6.45, 7) is 0. The first-order chi connectivity index (χ1) is 9.25. The summed E-state index contributed by atoms with van der Waals surface area (Å²) in [6, 6.07) is 6.68. The van der Waals surface area contributed by atoms with Crippen LogP contribution in [0, 0.1) is 5.82 Å². The van der Waals surface area contributed by atoms with Gasteiger partial charge in [-0.15, -0.1) is 5.10 Å². The summed E-state index contributed by atoms with van der Waals surface area (Å²) in [5, 5.41) is 12.5. The van der Waals surface area contributed by atoms with E-state index in [2.05, 4.69) is 20.5 Å². The Labute approximate surface area is 112 Å². The van der Waals surface area contributed by atoms with Crippen molar-refractivity contribution in [2.75, 3.05) is 0 Å². The third kappa shape index (κ3) is 2.28. The quantitative estimate of drug-likeness (QED) is 0.686. The van der Waals surface area contributed by atoms with Crippen LogP contribution in [-0.2, 0) is 12.8 Å². The van der Waals surface area contributed by atoms with E-state index in [9.17, 15) is 4.39 Å². The Hall–Kier alpha value is -2.02. The fourth-order valence-corrected chi connectivity index (χ4v) is 2.63. The number of fused-ring (bicyclic) bond motifs is 1. The second-order valence-corrected chi connectivity index (χ2v) is 4.92. The monoisotopic (exact) mass is 275 g/mol. The molecule has 5 nitrogen and oxygen atoms in total. The number of pyridine rings is 1. The summed E-state index contributed by atoms with van der Waals surface area (Å²) in [6.07, 6.45) is 1.67. The Bertz CT molecular complexity index is 727. The van der Waals surface area contributed by atoms with Crippen LogP contribution in [0.1, 0.15) is 5.56 Å². The van der Waals surface area contributed by atoms with E-state index in [0.29, 0.717) is 21.8 Å². The molecule has 0 atom stereocenters. The van der Waals surface area contributed by atoms with Gasteiger partial charge in [0.25, 0.3) is 0 Å². The maximum Gasteiger partial charge on any atom is 0.209 e. The lowest BCUT2D eigenvalue weighted by molar-refractivity contribution is 0.639. The van der Waals surface area contributed by atoms with E-state index in [-0.39, 0.29) is 5.82 Å². The van der Waals surface area contributed by atoms with Crippen molar-refractivity contribution in [3.63, 3.8) is 0 Å². The van der Waals surface area contributed by atoms with Crippen LogP contribution in [0.3, 0.4) is 0 Å². The lowest BCUT2D eigenvalue weighted by Crippen LogP contribution is -1.94. The molecule has 0 bridgehead atoms. The third-order valence-electron chi connectivity index (χ3n) is 2.74. The Morgan fingerprint density at radius 1 is 1.32 bits per heavy atom. The van der Waals surface area contributed by atoms with Crippen LogP contribution in [0.5, 0.6) is 0 Å². The number of benzene rings is 1. The maximum absolute atomic E-state index is 13.7. The fraction of sp³-hybridized carbons (Fsp3) is 0.167. The number of tetrazole rings is 1. The first kappa shape index (κ1) is 12.0. The summed E-state index contributed by atoms with van der Waals surface area (Å²) >= 11 is 1.49. The topological polar surface area (TPSA) is 56.5 Å². The zero-order valence-corrected chi connectivity index (χ0v) is 10.9. The largest absolute Gasteiger partial charge is 0.256 e. The van der Waals surface area contributed by atoms with Crippen LogP contribution in [0.4, 0.5) is 4.39 Å². The molecule has 7 heteroatoms. The van der Waals surface area contributed by atoms with E-state index < -0.39 is 0 Å². The molecule has 3 rings (SSSR count). The number of hydrogen-bond acceptors (Lipinski definition) is 5. The van der Waals surface area contributed by atoms with Crippen molar-refractivity contribution in [3.05, 3.63) is 41.8 Å². The molecule has 3 aromatic rings. The normalized spacial score (nSPS) is 11.1. The van der Waals surface area contributed by atoms with Crippen LogP contribution in [0.2, 0.25) is 0 Å². The van der Waals surface area contributed by atoms with Crippen LogP contribution in [-0.4, -0.2) is 25.2 Å². The van der Waals surface area contributed by atoms with Gasteiger partial charge in [-0.1, -0.05) is 17.8 Å². The van der Waals surface area contributed by atoms with Gasteiger partial charge in [-0.05, 0) is 34.2 Å². The number of aromatic nitrogens is 5. The van der Waals surface area contributed by atoms with E-state index in [1.54, 1.807) is 36.1 Å². The highest BCUT2D eigenvalue weighted by atomic mass is 32.2. The van der Waals surface area contributed by atoms with Crippen molar-refractivity contribution >= 4 is 22.7 Å². The molecule has 0 aliphatic carbocycles. The Kier molecular flexibility index (Phi) is 3.12. The highest BCUT2D eigenvalue weighted by Crippen LogP contribution is 2.25. The summed E-state index contributed by atoms with van der Waals surface area (Å²) in [7, 11) is 1.78. The lowest BCUT2D eigenvalue weighted by Gasteiger charge is -2.05. The molecular formula is C12H10FN5S. The minimum Gasteiger partial charge on any atom is -0.256 e. The Morgan fingerprint density at radius 3 is 3.00 bits per heavy atom. The number of thioether (sulfide) groups is 1. The highest BCUT2D eigenvalue weighted by molar-refractivity contribution is 7.98. The van der Waals surface area contributed by atoms with Crippen LogP contribution < -0.4 is 0 Å². The van der Waals surface area contributed by atoms with E-state index in [0.717, 1.165) is 5.56 Å². The number of nitrogens with zero attached hydrogens (tertiary/aromatic N) is 5. The number of hydrogen-bond donors (Lipinski definition) is 0. The minimum absolute atomic E-state index is 0.253. The second kappa shape index (κ2) is 4.93. The summed E-state index contributed by atoms with van der Waals surface area (Å²) in [5.74, 6) is 0.388. The number of aryl methyl sites for hydroxylation is 1. The molecule has 0 fully saturated rings. The molecule has 0 saturated carbocycles. The number of halogens is 1. The van der Waals surface area contributed by atoms with E-state index in [4.69, 9.17) is 0 Å². The smallest absolute Gasteiger partial charge is 0.209 e. The number of rotatable bonds is 3. The predicted molar refractivity (Wildman–Crippen MR) is 70.1 cm³/mol. The van der Waals surface area contributed by atoms with E-state index in [1.165, 1.54) is 17.8 Å². The van der Waals surface area contributed by atoms with Crippen molar-refractivity contribution in [1.82, 2.24) is 25.2 Å². The molecule has 0 radical (unpaired) electrons. The maximum atomic E-state index is 13.7. The Morgan fingerprint density at radius 2 is 2.21 bits per heavy atom. The van der Waals surface area contributed by atoms with Gasteiger partial charge in [-0.25, -0.2) is 9.07 Å².